The lowest BCUT2D eigenvalue weighted by atomic mass is 10.1. The maximum Gasteiger partial charge on any atom is 0.223 e. The lowest BCUT2D eigenvalue weighted by molar-refractivity contribution is -0.132. The third-order valence-corrected chi connectivity index (χ3v) is 4.54. The molecule has 0 spiro atoms. The number of carbonyl (C=O) groups excluding carboxylic acids is 1. The lowest BCUT2D eigenvalue weighted by Gasteiger charge is -2.32. The molecule has 1 fully saturated rings. The lowest BCUT2D eigenvalue weighted by Crippen LogP contribution is -2.40. The van der Waals surface area contributed by atoms with Gasteiger partial charge in [-0.25, -0.2) is 4.98 Å². The van der Waals surface area contributed by atoms with Crippen LogP contribution in [0.25, 0.3) is 11.1 Å². The van der Waals surface area contributed by atoms with Gasteiger partial charge in [-0.15, -0.1) is 0 Å². The molecule has 1 saturated heterocycles. The number of nitrogens with zero attached hydrogens (tertiary/aromatic N) is 4. The van der Waals surface area contributed by atoms with Crippen molar-refractivity contribution in [3.63, 3.8) is 0 Å². The average molecular weight is 324 g/mol. The van der Waals surface area contributed by atoms with Gasteiger partial charge in [-0.2, -0.15) is 5.10 Å². The summed E-state index contributed by atoms with van der Waals surface area (Å²) in [5, 5.41) is 4.31. The van der Waals surface area contributed by atoms with E-state index in [0.717, 1.165) is 37.0 Å². The second-order valence-corrected chi connectivity index (χ2v) is 6.20. The average Bonchev–Trinajstić information content (AvgIpc) is 3.29. The first kappa shape index (κ1) is 14.9. The Kier molecular flexibility index (Phi) is 4.02. The summed E-state index contributed by atoms with van der Waals surface area (Å²) in [5.74, 6) is 0.791. The molecule has 2 aromatic heterocycles. The number of rotatable bonds is 4. The molecule has 3 aromatic rings. The van der Waals surface area contributed by atoms with Crippen molar-refractivity contribution in [3.05, 3.63) is 48.6 Å². The van der Waals surface area contributed by atoms with E-state index < -0.39 is 0 Å². The number of fused-ring (bicyclic) bond motifs is 1. The molecule has 0 radical (unpaired) electrons. The zero-order valence-corrected chi connectivity index (χ0v) is 13.5. The van der Waals surface area contributed by atoms with Crippen LogP contribution in [0.15, 0.2) is 47.1 Å². The Morgan fingerprint density at radius 3 is 3.04 bits per heavy atom. The van der Waals surface area contributed by atoms with Crippen LogP contribution >= 0.6 is 0 Å². The molecule has 1 unspecified atom stereocenters. The molecular formula is C18H20N4O2. The number of piperidine rings is 1. The van der Waals surface area contributed by atoms with Crippen molar-refractivity contribution in [2.75, 3.05) is 13.1 Å². The Bertz CT molecular complexity index is 792. The molecule has 0 aliphatic carbocycles. The number of aromatic nitrogens is 3. The van der Waals surface area contributed by atoms with Crippen LogP contribution in [-0.2, 0) is 11.2 Å². The number of amides is 1. The predicted octanol–water partition coefficient (Wildman–Crippen LogP) is 2.82. The van der Waals surface area contributed by atoms with Gasteiger partial charge in [-0.05, 0) is 31.0 Å². The van der Waals surface area contributed by atoms with Crippen LogP contribution in [0.1, 0.15) is 31.2 Å². The Hall–Kier alpha value is -2.63. The van der Waals surface area contributed by atoms with Crippen LogP contribution < -0.4 is 0 Å². The fraction of sp³-hybridized carbons (Fsp3) is 0.389. The number of aryl methyl sites for hydroxylation is 1. The van der Waals surface area contributed by atoms with E-state index in [-0.39, 0.29) is 11.9 Å². The second kappa shape index (κ2) is 6.47. The molecular weight excluding hydrogens is 304 g/mol. The molecule has 124 valence electrons. The monoisotopic (exact) mass is 324 g/mol. The van der Waals surface area contributed by atoms with Crippen LogP contribution in [0.2, 0.25) is 0 Å². The normalized spacial score (nSPS) is 18.2. The minimum Gasteiger partial charge on any atom is -0.441 e. The second-order valence-electron chi connectivity index (χ2n) is 6.20. The highest BCUT2D eigenvalue weighted by Gasteiger charge is 2.25. The Morgan fingerprint density at radius 1 is 1.29 bits per heavy atom. The molecule has 6 heteroatoms. The van der Waals surface area contributed by atoms with Crippen molar-refractivity contribution in [2.45, 2.75) is 31.7 Å². The summed E-state index contributed by atoms with van der Waals surface area (Å²) >= 11 is 0. The van der Waals surface area contributed by atoms with E-state index in [2.05, 4.69) is 10.1 Å². The van der Waals surface area contributed by atoms with Gasteiger partial charge in [0.2, 0.25) is 5.91 Å². The first-order chi connectivity index (χ1) is 11.8. The quantitative estimate of drug-likeness (QED) is 0.740. The maximum atomic E-state index is 12.5. The zero-order chi connectivity index (χ0) is 16.4. The van der Waals surface area contributed by atoms with Crippen molar-refractivity contribution < 1.29 is 9.21 Å². The van der Waals surface area contributed by atoms with Gasteiger partial charge in [0.25, 0.3) is 0 Å². The van der Waals surface area contributed by atoms with E-state index in [1.54, 1.807) is 6.20 Å². The first-order valence-corrected chi connectivity index (χ1v) is 8.41. The number of hydrogen-bond acceptors (Lipinski definition) is 4. The van der Waals surface area contributed by atoms with Crippen LogP contribution in [0.3, 0.4) is 0 Å². The van der Waals surface area contributed by atoms with Crippen LogP contribution in [-0.4, -0.2) is 38.7 Å². The van der Waals surface area contributed by atoms with E-state index in [1.165, 1.54) is 0 Å². The Balaban J connectivity index is 1.37. The molecule has 1 aliphatic rings. The number of oxazole rings is 1. The van der Waals surface area contributed by atoms with Gasteiger partial charge in [0, 0.05) is 38.3 Å². The van der Waals surface area contributed by atoms with Crippen molar-refractivity contribution in [1.82, 2.24) is 19.7 Å². The Morgan fingerprint density at radius 2 is 2.21 bits per heavy atom. The molecule has 1 aliphatic heterocycles. The summed E-state index contributed by atoms with van der Waals surface area (Å²) < 4.78 is 7.65. The molecule has 0 saturated carbocycles. The highest BCUT2D eigenvalue weighted by Crippen LogP contribution is 2.22. The highest BCUT2D eigenvalue weighted by atomic mass is 16.3. The Labute approximate surface area is 140 Å². The topological polar surface area (TPSA) is 64.2 Å². The van der Waals surface area contributed by atoms with Crippen molar-refractivity contribution in [1.29, 1.82) is 0 Å². The fourth-order valence-corrected chi connectivity index (χ4v) is 3.29. The van der Waals surface area contributed by atoms with E-state index in [0.29, 0.717) is 18.7 Å². The molecule has 1 amide bonds. The zero-order valence-electron chi connectivity index (χ0n) is 13.5. The SMILES string of the molecule is O=C(CCc1nc2ccccc2o1)N1CCCC(n2cccn2)C1. The molecule has 3 heterocycles. The largest absolute Gasteiger partial charge is 0.441 e. The van der Waals surface area contributed by atoms with Crippen molar-refractivity contribution in [3.8, 4) is 0 Å². The number of likely N-dealkylation sites (tertiary alicyclic amines) is 1. The third-order valence-electron chi connectivity index (χ3n) is 4.54. The van der Waals surface area contributed by atoms with Gasteiger partial charge in [0.05, 0.1) is 6.04 Å². The number of hydrogen-bond donors (Lipinski definition) is 0. The van der Waals surface area contributed by atoms with E-state index in [1.807, 2.05) is 46.1 Å². The molecule has 0 bridgehead atoms. The van der Waals surface area contributed by atoms with E-state index in [4.69, 9.17) is 4.42 Å². The molecule has 4 rings (SSSR count). The van der Waals surface area contributed by atoms with Crippen LogP contribution in [0, 0.1) is 0 Å². The van der Waals surface area contributed by atoms with Gasteiger partial charge in [0.15, 0.2) is 11.5 Å². The van der Waals surface area contributed by atoms with Crippen molar-refractivity contribution >= 4 is 17.0 Å². The molecule has 6 nitrogen and oxygen atoms in total. The molecule has 0 N–H and O–H groups in total. The van der Waals surface area contributed by atoms with Gasteiger partial charge in [0.1, 0.15) is 5.52 Å². The standard InChI is InChI=1S/C18H20N4O2/c23-18(9-8-17-20-15-6-1-2-7-16(15)24-17)21-11-3-5-14(13-21)22-12-4-10-19-22/h1-2,4,6-7,10,12,14H,3,5,8-9,11,13H2. The summed E-state index contributed by atoms with van der Waals surface area (Å²) in [6, 6.07) is 9.88. The van der Waals surface area contributed by atoms with Crippen LogP contribution in [0.5, 0.6) is 0 Å². The minimum absolute atomic E-state index is 0.161. The predicted molar refractivity (Wildman–Crippen MR) is 89.4 cm³/mol. The molecule has 1 atom stereocenters. The minimum atomic E-state index is 0.161. The number of para-hydroxylation sites is 2. The highest BCUT2D eigenvalue weighted by molar-refractivity contribution is 5.77. The van der Waals surface area contributed by atoms with Gasteiger partial charge in [-0.1, -0.05) is 12.1 Å². The summed E-state index contributed by atoms with van der Waals surface area (Å²) in [7, 11) is 0. The molecule has 24 heavy (non-hydrogen) atoms. The van der Waals surface area contributed by atoms with Crippen molar-refractivity contribution in [2.24, 2.45) is 0 Å². The summed E-state index contributed by atoms with van der Waals surface area (Å²) in [5.41, 5.74) is 1.62. The van der Waals surface area contributed by atoms with Crippen LogP contribution in [0.4, 0.5) is 0 Å². The van der Waals surface area contributed by atoms with E-state index >= 15 is 0 Å². The smallest absolute Gasteiger partial charge is 0.223 e. The van der Waals surface area contributed by atoms with Gasteiger partial charge >= 0.3 is 0 Å². The fourth-order valence-electron chi connectivity index (χ4n) is 3.29. The van der Waals surface area contributed by atoms with Gasteiger partial charge in [-0.3, -0.25) is 9.48 Å². The van der Waals surface area contributed by atoms with E-state index in [9.17, 15) is 4.79 Å². The number of benzene rings is 1. The summed E-state index contributed by atoms with van der Waals surface area (Å²) in [4.78, 5) is 18.9. The maximum absolute atomic E-state index is 12.5. The van der Waals surface area contributed by atoms with Gasteiger partial charge < -0.3 is 9.32 Å². The first-order valence-electron chi connectivity index (χ1n) is 8.41. The summed E-state index contributed by atoms with van der Waals surface area (Å²) in [6.07, 6.45) is 6.80. The third kappa shape index (κ3) is 3.04. The molecule has 1 aromatic carbocycles. The number of carbonyl (C=O) groups is 1. The summed E-state index contributed by atoms with van der Waals surface area (Å²) in [6.45, 7) is 1.55.